The van der Waals surface area contributed by atoms with Gasteiger partial charge in [0.2, 0.25) is 10.0 Å². The summed E-state index contributed by atoms with van der Waals surface area (Å²) in [7, 11) is -3.46. The fourth-order valence-electron chi connectivity index (χ4n) is 2.54. The molecular weight excluding hydrogens is 296 g/mol. The van der Waals surface area contributed by atoms with E-state index in [0.717, 1.165) is 30.9 Å². The molecule has 1 aromatic rings. The first-order valence-corrected chi connectivity index (χ1v) is 9.18. The van der Waals surface area contributed by atoms with Gasteiger partial charge in [0, 0.05) is 22.8 Å². The summed E-state index contributed by atoms with van der Waals surface area (Å²) in [6.07, 6.45) is 1.04. The van der Waals surface area contributed by atoms with Gasteiger partial charge in [0.25, 0.3) is 0 Å². The monoisotopic (exact) mass is 318 g/mol. The number of likely N-dealkylation sites (tertiary alicyclic amines) is 1. The van der Waals surface area contributed by atoms with Crippen LogP contribution in [0.3, 0.4) is 0 Å². The van der Waals surface area contributed by atoms with E-state index < -0.39 is 10.0 Å². The molecule has 1 saturated heterocycles. The number of aryl methyl sites for hydroxylation is 1. The lowest BCUT2D eigenvalue weighted by Crippen LogP contribution is -2.31. The molecule has 0 aromatic carbocycles. The summed E-state index contributed by atoms with van der Waals surface area (Å²) in [4.78, 5) is 4.04. The van der Waals surface area contributed by atoms with Gasteiger partial charge in [-0.3, -0.25) is 0 Å². The van der Waals surface area contributed by atoms with E-state index in [1.165, 1.54) is 11.3 Å². The Balaban J connectivity index is 1.99. The molecule has 2 rings (SSSR count). The first kappa shape index (κ1) is 15.9. The van der Waals surface area contributed by atoms with E-state index in [-0.39, 0.29) is 6.61 Å². The van der Waals surface area contributed by atoms with Crippen LogP contribution in [-0.4, -0.2) is 44.6 Å². The van der Waals surface area contributed by atoms with Crippen molar-refractivity contribution >= 4 is 21.4 Å². The van der Waals surface area contributed by atoms with Crippen LogP contribution in [0.1, 0.15) is 23.1 Å². The Bertz CT molecular complexity index is 554. The minimum Gasteiger partial charge on any atom is -0.391 e. The summed E-state index contributed by atoms with van der Waals surface area (Å²) in [5.41, 5.74) is 0. The topological polar surface area (TPSA) is 69.6 Å². The van der Waals surface area contributed by atoms with Gasteiger partial charge >= 0.3 is 0 Å². The van der Waals surface area contributed by atoms with Crippen molar-refractivity contribution in [1.29, 1.82) is 0 Å². The Morgan fingerprint density at radius 2 is 2.30 bits per heavy atom. The molecule has 7 heteroatoms. The third kappa shape index (κ3) is 3.59. The second-order valence-corrected chi connectivity index (χ2v) is 8.27. The number of nitrogens with one attached hydrogen (secondary N) is 1. The smallest absolute Gasteiger partial charge is 0.241 e. The Morgan fingerprint density at radius 1 is 1.55 bits per heavy atom. The van der Waals surface area contributed by atoms with Gasteiger partial charge in [0.1, 0.15) is 0 Å². The molecule has 114 valence electrons. The standard InChI is InChI=1S/C13H22N2O3S2/c1-3-15-5-4-11(8-15)7-14-20(17,18)13-6-12(9-16)19-10(13)2/h6,11,14,16H,3-5,7-9H2,1-2H3. The summed E-state index contributed by atoms with van der Waals surface area (Å²) < 4.78 is 27.3. The molecule has 2 N–H and O–H groups in total. The largest absolute Gasteiger partial charge is 0.391 e. The number of aliphatic hydroxyl groups is 1. The van der Waals surface area contributed by atoms with Crippen LogP contribution in [0.15, 0.2) is 11.0 Å². The molecule has 0 aliphatic carbocycles. The van der Waals surface area contributed by atoms with Crippen LogP contribution in [0.25, 0.3) is 0 Å². The third-order valence-corrected chi connectivity index (χ3v) is 6.46. The van der Waals surface area contributed by atoms with Gasteiger partial charge in [-0.1, -0.05) is 6.92 Å². The molecule has 1 unspecified atom stereocenters. The van der Waals surface area contributed by atoms with Crippen LogP contribution in [0, 0.1) is 12.8 Å². The molecule has 0 amide bonds. The second-order valence-electron chi connectivity index (χ2n) is 5.19. The maximum atomic E-state index is 12.3. The average Bonchev–Trinajstić information content (AvgIpc) is 3.02. The van der Waals surface area contributed by atoms with Crippen LogP contribution in [0.4, 0.5) is 0 Å². The molecule has 1 aliphatic rings. The van der Waals surface area contributed by atoms with Crippen LogP contribution in [0.2, 0.25) is 0 Å². The van der Waals surface area contributed by atoms with Crippen molar-refractivity contribution in [3.63, 3.8) is 0 Å². The summed E-state index contributed by atoms with van der Waals surface area (Å²) in [6.45, 7) is 7.30. The van der Waals surface area contributed by atoms with Crippen molar-refractivity contribution in [2.24, 2.45) is 5.92 Å². The quantitative estimate of drug-likeness (QED) is 0.826. The summed E-state index contributed by atoms with van der Waals surface area (Å²) in [6, 6.07) is 1.56. The van der Waals surface area contributed by atoms with E-state index in [0.29, 0.717) is 22.2 Å². The SMILES string of the molecule is CCN1CCC(CNS(=O)(=O)c2cc(CO)sc2C)C1. The Kier molecular flexibility index (Phi) is 5.19. The average molecular weight is 318 g/mol. The summed E-state index contributed by atoms with van der Waals surface area (Å²) in [5, 5.41) is 9.09. The van der Waals surface area contributed by atoms with E-state index in [1.54, 1.807) is 13.0 Å². The van der Waals surface area contributed by atoms with Crippen molar-refractivity contribution in [2.45, 2.75) is 31.8 Å². The minimum absolute atomic E-state index is 0.116. The maximum Gasteiger partial charge on any atom is 0.241 e. The summed E-state index contributed by atoms with van der Waals surface area (Å²) >= 11 is 1.33. The zero-order valence-electron chi connectivity index (χ0n) is 11.9. The van der Waals surface area contributed by atoms with Gasteiger partial charge in [0.15, 0.2) is 0 Å². The lowest BCUT2D eigenvalue weighted by Gasteiger charge is -2.13. The highest BCUT2D eigenvalue weighted by Gasteiger charge is 2.25. The number of rotatable bonds is 6. The maximum absolute atomic E-state index is 12.3. The molecule has 1 fully saturated rings. The van der Waals surface area contributed by atoms with E-state index >= 15 is 0 Å². The van der Waals surface area contributed by atoms with E-state index in [2.05, 4.69) is 16.5 Å². The van der Waals surface area contributed by atoms with Crippen LogP contribution >= 0.6 is 11.3 Å². The molecule has 20 heavy (non-hydrogen) atoms. The van der Waals surface area contributed by atoms with Gasteiger partial charge < -0.3 is 10.0 Å². The lowest BCUT2D eigenvalue weighted by molar-refractivity contribution is 0.285. The predicted octanol–water partition coefficient (Wildman–Crippen LogP) is 1.17. The second kappa shape index (κ2) is 6.53. The van der Waals surface area contributed by atoms with Gasteiger partial charge in [-0.25, -0.2) is 13.1 Å². The van der Waals surface area contributed by atoms with Gasteiger partial charge in [-0.2, -0.15) is 0 Å². The van der Waals surface area contributed by atoms with Gasteiger partial charge in [-0.15, -0.1) is 11.3 Å². The highest BCUT2D eigenvalue weighted by Crippen LogP contribution is 2.26. The predicted molar refractivity (Wildman–Crippen MR) is 80.4 cm³/mol. The number of hydrogen-bond donors (Lipinski definition) is 2. The normalized spacial score (nSPS) is 20.6. The number of thiophene rings is 1. The highest BCUT2D eigenvalue weighted by molar-refractivity contribution is 7.89. The number of nitrogens with zero attached hydrogens (tertiary/aromatic N) is 1. The Hall–Kier alpha value is -0.470. The number of sulfonamides is 1. The van der Waals surface area contributed by atoms with Crippen molar-refractivity contribution < 1.29 is 13.5 Å². The van der Waals surface area contributed by atoms with E-state index in [1.807, 2.05) is 0 Å². The molecule has 1 atom stereocenters. The molecule has 0 radical (unpaired) electrons. The van der Waals surface area contributed by atoms with E-state index in [4.69, 9.17) is 5.11 Å². The zero-order chi connectivity index (χ0) is 14.8. The lowest BCUT2D eigenvalue weighted by atomic mass is 10.1. The van der Waals surface area contributed by atoms with Crippen molar-refractivity contribution in [3.8, 4) is 0 Å². The van der Waals surface area contributed by atoms with Crippen molar-refractivity contribution in [2.75, 3.05) is 26.2 Å². The molecule has 1 aliphatic heterocycles. The zero-order valence-corrected chi connectivity index (χ0v) is 13.6. The molecular formula is C13H22N2O3S2. The van der Waals surface area contributed by atoms with Gasteiger partial charge in [0.05, 0.1) is 11.5 Å². The first-order valence-electron chi connectivity index (χ1n) is 6.88. The number of aliphatic hydroxyl groups excluding tert-OH is 1. The first-order chi connectivity index (χ1) is 9.46. The van der Waals surface area contributed by atoms with Crippen LogP contribution in [0.5, 0.6) is 0 Å². The third-order valence-electron chi connectivity index (χ3n) is 3.75. The molecule has 0 spiro atoms. The molecule has 0 saturated carbocycles. The fourth-order valence-corrected chi connectivity index (χ4v) is 5.15. The number of hydrogen-bond acceptors (Lipinski definition) is 5. The van der Waals surface area contributed by atoms with Crippen molar-refractivity contribution in [3.05, 3.63) is 15.8 Å². The molecule has 0 bridgehead atoms. The van der Waals surface area contributed by atoms with Crippen LogP contribution in [-0.2, 0) is 16.6 Å². The molecule has 2 heterocycles. The molecule has 5 nitrogen and oxygen atoms in total. The van der Waals surface area contributed by atoms with E-state index in [9.17, 15) is 8.42 Å². The van der Waals surface area contributed by atoms with Gasteiger partial charge in [-0.05, 0) is 38.4 Å². The Labute approximate surface area is 124 Å². The minimum atomic E-state index is -3.46. The fraction of sp³-hybridized carbons (Fsp3) is 0.692. The Morgan fingerprint density at radius 3 is 2.85 bits per heavy atom. The van der Waals surface area contributed by atoms with Crippen LogP contribution < -0.4 is 4.72 Å². The van der Waals surface area contributed by atoms with Crippen molar-refractivity contribution in [1.82, 2.24) is 9.62 Å². The summed E-state index contributed by atoms with van der Waals surface area (Å²) in [5.74, 6) is 0.390. The molecule has 1 aromatic heterocycles. The highest BCUT2D eigenvalue weighted by atomic mass is 32.2.